The maximum absolute atomic E-state index is 12.9. The Bertz CT molecular complexity index is 702. The second kappa shape index (κ2) is 7.43. The molecule has 1 aromatic carbocycles. The van der Waals surface area contributed by atoms with E-state index >= 15 is 0 Å². The second-order valence-corrected chi connectivity index (χ2v) is 6.96. The van der Waals surface area contributed by atoms with Gasteiger partial charge < -0.3 is 4.90 Å². The fraction of sp³-hybridized carbons (Fsp3) is 0.368. The van der Waals surface area contributed by atoms with Crippen molar-refractivity contribution >= 4 is 17.2 Å². The first-order valence-electron chi connectivity index (χ1n) is 8.12. The molecule has 1 aliphatic heterocycles. The van der Waals surface area contributed by atoms with Crippen molar-refractivity contribution in [3.8, 4) is 6.07 Å². The molecule has 1 aromatic heterocycles. The maximum Gasteiger partial charge on any atom is 0.255 e. The number of nitrogens with zero attached hydrogens (tertiary/aromatic N) is 2. The van der Waals surface area contributed by atoms with E-state index in [4.69, 9.17) is 0 Å². The van der Waals surface area contributed by atoms with E-state index in [1.165, 1.54) is 11.3 Å². The van der Waals surface area contributed by atoms with Crippen molar-refractivity contribution in [2.24, 2.45) is 0 Å². The van der Waals surface area contributed by atoms with Crippen molar-refractivity contribution in [1.82, 2.24) is 4.90 Å². The highest BCUT2D eigenvalue weighted by Crippen LogP contribution is 2.25. The average Bonchev–Trinajstić information content (AvgIpc) is 3.13. The molecule has 0 aliphatic carbocycles. The molecule has 1 saturated heterocycles. The van der Waals surface area contributed by atoms with Gasteiger partial charge in [-0.1, -0.05) is 18.2 Å². The van der Waals surface area contributed by atoms with Gasteiger partial charge in [0.05, 0.1) is 17.2 Å². The highest BCUT2D eigenvalue weighted by molar-refractivity contribution is 7.09. The molecule has 3 rings (SSSR count). The number of hydrogen-bond acceptors (Lipinski definition) is 3. The van der Waals surface area contributed by atoms with Gasteiger partial charge in [0.2, 0.25) is 0 Å². The van der Waals surface area contributed by atoms with E-state index in [0.29, 0.717) is 11.1 Å². The molecular formula is C19H20N2OS. The smallest absolute Gasteiger partial charge is 0.255 e. The number of benzene rings is 1. The zero-order valence-corrected chi connectivity index (χ0v) is 13.9. The van der Waals surface area contributed by atoms with Crippen molar-refractivity contribution < 1.29 is 4.79 Å². The number of carbonyl (C=O) groups is 1. The molecular weight excluding hydrogens is 304 g/mol. The summed E-state index contributed by atoms with van der Waals surface area (Å²) in [5.74, 6) is 0.0121. The van der Waals surface area contributed by atoms with Crippen LogP contribution in [0.25, 0.3) is 0 Å². The van der Waals surface area contributed by atoms with Crippen molar-refractivity contribution in [2.75, 3.05) is 6.54 Å². The molecule has 1 fully saturated rings. The minimum Gasteiger partial charge on any atom is -0.336 e. The van der Waals surface area contributed by atoms with Crippen LogP contribution in [0.3, 0.4) is 0 Å². The molecule has 2 aromatic rings. The van der Waals surface area contributed by atoms with Crippen LogP contribution in [-0.4, -0.2) is 23.4 Å². The first-order valence-corrected chi connectivity index (χ1v) is 9.00. The van der Waals surface area contributed by atoms with Crippen molar-refractivity contribution in [2.45, 2.75) is 38.1 Å². The highest BCUT2D eigenvalue weighted by Gasteiger charge is 2.28. The second-order valence-electron chi connectivity index (χ2n) is 5.92. The summed E-state index contributed by atoms with van der Waals surface area (Å²) in [5, 5.41) is 11.3. The van der Waals surface area contributed by atoms with E-state index in [0.717, 1.165) is 32.2 Å². The van der Waals surface area contributed by atoms with E-state index in [2.05, 4.69) is 23.6 Å². The molecule has 118 valence electrons. The summed E-state index contributed by atoms with van der Waals surface area (Å²) in [6.45, 7) is 0.799. The van der Waals surface area contributed by atoms with Gasteiger partial charge >= 0.3 is 0 Å². The van der Waals surface area contributed by atoms with Gasteiger partial charge in [0.25, 0.3) is 5.91 Å². The van der Waals surface area contributed by atoms with Gasteiger partial charge in [-0.15, -0.1) is 11.3 Å². The van der Waals surface area contributed by atoms with Crippen LogP contribution in [0.4, 0.5) is 0 Å². The molecule has 2 heterocycles. The summed E-state index contributed by atoms with van der Waals surface area (Å²) in [7, 11) is 0. The Morgan fingerprint density at radius 3 is 2.91 bits per heavy atom. The largest absolute Gasteiger partial charge is 0.336 e. The van der Waals surface area contributed by atoms with Crippen LogP contribution < -0.4 is 0 Å². The number of piperidine rings is 1. The van der Waals surface area contributed by atoms with E-state index in [9.17, 15) is 10.1 Å². The van der Waals surface area contributed by atoms with E-state index < -0.39 is 0 Å². The fourth-order valence-electron chi connectivity index (χ4n) is 3.25. The average molecular weight is 324 g/mol. The van der Waals surface area contributed by atoms with Crippen LogP contribution in [-0.2, 0) is 6.42 Å². The Morgan fingerprint density at radius 1 is 1.26 bits per heavy atom. The van der Waals surface area contributed by atoms with Gasteiger partial charge in [-0.3, -0.25) is 4.79 Å². The lowest BCUT2D eigenvalue weighted by molar-refractivity contribution is 0.0602. The molecule has 0 saturated carbocycles. The zero-order valence-electron chi connectivity index (χ0n) is 13.1. The van der Waals surface area contributed by atoms with Crippen LogP contribution in [0.2, 0.25) is 0 Å². The molecule has 0 bridgehead atoms. The molecule has 23 heavy (non-hydrogen) atoms. The Hall–Kier alpha value is -2.12. The Kier molecular flexibility index (Phi) is 5.09. The molecule has 1 atom stereocenters. The number of nitriles is 1. The number of rotatable bonds is 4. The Morgan fingerprint density at radius 2 is 2.13 bits per heavy atom. The van der Waals surface area contributed by atoms with E-state index in [1.54, 1.807) is 29.5 Å². The summed E-state index contributed by atoms with van der Waals surface area (Å²) in [5.41, 5.74) is 1.01. The van der Waals surface area contributed by atoms with E-state index in [1.807, 2.05) is 11.0 Å². The summed E-state index contributed by atoms with van der Waals surface area (Å²) in [6.07, 6.45) is 5.31. The molecule has 1 aliphatic rings. The summed E-state index contributed by atoms with van der Waals surface area (Å²) in [6, 6.07) is 13.8. The topological polar surface area (TPSA) is 44.1 Å². The van der Waals surface area contributed by atoms with Crippen LogP contribution in [0.15, 0.2) is 41.8 Å². The highest BCUT2D eigenvalue weighted by atomic mass is 32.1. The molecule has 3 nitrogen and oxygen atoms in total. The molecule has 0 radical (unpaired) electrons. The van der Waals surface area contributed by atoms with Crippen LogP contribution >= 0.6 is 11.3 Å². The lowest BCUT2D eigenvalue weighted by Crippen LogP contribution is -2.44. The van der Waals surface area contributed by atoms with Gasteiger partial charge in [-0.2, -0.15) is 5.26 Å². The standard InChI is InChI=1S/C19H20N2OS/c20-14-15-6-1-2-9-18(15)19(22)21-12-4-3-7-16(21)10-11-17-8-5-13-23-17/h1-2,5-6,8-9,13,16H,3-4,7,10-12H2. The third-order valence-corrected chi connectivity index (χ3v) is 5.41. The van der Waals surface area contributed by atoms with Gasteiger partial charge in [0, 0.05) is 17.5 Å². The lowest BCUT2D eigenvalue weighted by Gasteiger charge is -2.36. The lowest BCUT2D eigenvalue weighted by atomic mass is 9.96. The number of thiophene rings is 1. The fourth-order valence-corrected chi connectivity index (χ4v) is 3.98. The van der Waals surface area contributed by atoms with Gasteiger partial charge in [0.15, 0.2) is 0 Å². The predicted octanol–water partition coefficient (Wildman–Crippen LogP) is 4.25. The summed E-state index contributed by atoms with van der Waals surface area (Å²) >= 11 is 1.78. The SMILES string of the molecule is N#Cc1ccccc1C(=O)N1CCCCC1CCc1cccs1. The number of aryl methyl sites for hydroxylation is 1. The normalized spacial score (nSPS) is 17.7. The molecule has 1 unspecified atom stereocenters. The molecule has 0 spiro atoms. The van der Waals surface area contributed by atoms with Gasteiger partial charge in [0.1, 0.15) is 0 Å². The quantitative estimate of drug-likeness (QED) is 0.844. The zero-order chi connectivity index (χ0) is 16.1. The summed E-state index contributed by atoms with van der Waals surface area (Å²) < 4.78 is 0. The number of likely N-dealkylation sites (tertiary alicyclic amines) is 1. The minimum atomic E-state index is 0.0121. The molecule has 0 N–H and O–H groups in total. The predicted molar refractivity (Wildman–Crippen MR) is 92.5 cm³/mol. The minimum absolute atomic E-state index is 0.0121. The van der Waals surface area contributed by atoms with Crippen LogP contribution in [0, 0.1) is 11.3 Å². The Balaban J connectivity index is 1.75. The monoisotopic (exact) mass is 324 g/mol. The third kappa shape index (κ3) is 3.62. The van der Waals surface area contributed by atoms with Gasteiger partial charge in [-0.05, 0) is 55.7 Å². The van der Waals surface area contributed by atoms with Crippen molar-refractivity contribution in [3.63, 3.8) is 0 Å². The molecule has 4 heteroatoms. The number of hydrogen-bond donors (Lipinski definition) is 0. The van der Waals surface area contributed by atoms with Gasteiger partial charge in [-0.25, -0.2) is 0 Å². The first-order chi connectivity index (χ1) is 11.3. The number of carbonyl (C=O) groups excluding carboxylic acids is 1. The number of amides is 1. The molecule has 1 amide bonds. The third-order valence-electron chi connectivity index (χ3n) is 4.47. The van der Waals surface area contributed by atoms with E-state index in [-0.39, 0.29) is 11.9 Å². The maximum atomic E-state index is 12.9. The van der Waals surface area contributed by atoms with Crippen molar-refractivity contribution in [1.29, 1.82) is 5.26 Å². The first kappa shape index (κ1) is 15.8. The summed E-state index contributed by atoms with van der Waals surface area (Å²) in [4.78, 5) is 16.3. The van der Waals surface area contributed by atoms with Crippen LogP contribution in [0.5, 0.6) is 0 Å². The Labute approximate surface area is 141 Å². The van der Waals surface area contributed by atoms with Crippen molar-refractivity contribution in [3.05, 3.63) is 57.8 Å². The van der Waals surface area contributed by atoms with Crippen LogP contribution in [0.1, 0.15) is 46.5 Å².